The molecule has 1 aliphatic heterocycles. The number of para-hydroxylation sites is 1. The molecule has 39 heavy (non-hydrogen) atoms. The number of amides is 1. The van der Waals surface area contributed by atoms with Crippen molar-refractivity contribution in [2.45, 2.75) is 46.1 Å². The van der Waals surface area contributed by atoms with Crippen molar-refractivity contribution in [3.8, 4) is 0 Å². The van der Waals surface area contributed by atoms with Crippen LogP contribution in [0.1, 0.15) is 60.1 Å². The fourth-order valence-electron chi connectivity index (χ4n) is 5.50. The predicted molar refractivity (Wildman–Crippen MR) is 155 cm³/mol. The molecule has 2 atom stereocenters. The van der Waals surface area contributed by atoms with E-state index in [0.717, 1.165) is 28.1 Å². The van der Waals surface area contributed by atoms with E-state index >= 15 is 0 Å². The van der Waals surface area contributed by atoms with Crippen molar-refractivity contribution in [1.29, 1.82) is 0 Å². The zero-order valence-electron chi connectivity index (χ0n) is 22.8. The number of carbonyl (C=O) groups is 2. The first kappa shape index (κ1) is 27.5. The van der Waals surface area contributed by atoms with E-state index in [1.54, 1.807) is 18.4 Å². The maximum atomic E-state index is 13.7. The minimum Gasteiger partial charge on any atom is -0.452 e. The third kappa shape index (κ3) is 5.79. The van der Waals surface area contributed by atoms with Crippen LogP contribution in [0.2, 0.25) is 0 Å². The predicted octanol–water partition coefficient (Wildman–Crippen LogP) is 5.25. The van der Waals surface area contributed by atoms with Crippen molar-refractivity contribution >= 4 is 55.6 Å². The molecule has 0 unspecified atom stereocenters. The van der Waals surface area contributed by atoms with Crippen molar-refractivity contribution in [2.75, 3.05) is 25.2 Å². The monoisotopic (exact) mass is 566 g/mol. The summed E-state index contributed by atoms with van der Waals surface area (Å²) in [6.45, 7) is 6.21. The van der Waals surface area contributed by atoms with Gasteiger partial charge >= 0.3 is 5.97 Å². The van der Waals surface area contributed by atoms with Gasteiger partial charge in [-0.1, -0.05) is 45.0 Å². The lowest BCUT2D eigenvalue weighted by Gasteiger charge is -2.36. The maximum Gasteiger partial charge on any atom is 0.339 e. The summed E-state index contributed by atoms with van der Waals surface area (Å²) in [5.74, 6) is -0.679. The number of nitrogens with zero attached hydrogens (tertiary/aromatic N) is 2. The van der Waals surface area contributed by atoms with Gasteiger partial charge in [0, 0.05) is 23.4 Å². The first-order valence-electron chi connectivity index (χ1n) is 13.2. The van der Waals surface area contributed by atoms with Gasteiger partial charge < -0.3 is 9.64 Å². The highest BCUT2D eigenvalue weighted by atomic mass is 32.2. The molecule has 0 bridgehead atoms. The van der Waals surface area contributed by atoms with Crippen LogP contribution in [0.4, 0.5) is 0 Å². The summed E-state index contributed by atoms with van der Waals surface area (Å²) in [5, 5.41) is 2.75. The zero-order chi connectivity index (χ0) is 27.9. The molecule has 206 valence electrons. The Balaban J connectivity index is 1.51. The average Bonchev–Trinajstić information content (AvgIpc) is 3.53. The van der Waals surface area contributed by atoms with Crippen LogP contribution in [0.3, 0.4) is 0 Å². The van der Waals surface area contributed by atoms with Gasteiger partial charge in [-0.05, 0) is 65.3 Å². The van der Waals surface area contributed by atoms with Crippen LogP contribution >= 0.6 is 11.3 Å². The molecule has 3 heterocycles. The molecule has 1 aliphatic carbocycles. The van der Waals surface area contributed by atoms with Crippen LogP contribution in [-0.2, 0) is 25.8 Å². The van der Waals surface area contributed by atoms with Crippen LogP contribution in [0.25, 0.3) is 22.6 Å². The zero-order valence-corrected chi connectivity index (χ0v) is 24.4. The number of thiophene rings is 1. The van der Waals surface area contributed by atoms with Gasteiger partial charge in [0.25, 0.3) is 5.91 Å². The molecule has 1 aromatic carbocycles. The van der Waals surface area contributed by atoms with Crippen LogP contribution in [0.5, 0.6) is 0 Å². The maximum absolute atomic E-state index is 13.7. The Bertz CT molecular complexity index is 1550. The molecule has 1 amide bonds. The number of likely N-dealkylation sites (N-methyl/N-ethyl adjacent to an activating group) is 1. The molecule has 9 heteroatoms. The number of esters is 1. The Hall–Kier alpha value is -3.04. The topological polar surface area (TPSA) is 93.6 Å². The largest absolute Gasteiger partial charge is 0.452 e. The Morgan fingerprint density at radius 2 is 1.92 bits per heavy atom. The number of allylic oxidation sites excluding steroid dienone is 1. The highest BCUT2D eigenvalue weighted by Gasteiger charge is 2.36. The highest BCUT2D eigenvalue weighted by molar-refractivity contribution is 7.91. The standard InChI is InChI=1S/C30H34N2O5S2/c1-30(2,3)20-14-19(15-22-8-7-12-38-22)28-24(16-20)27(23-9-5-6-10-25(23)31-28)29(34)37-17-26(33)32(4)21-11-13-39(35,36)18-21/h5-10,12,15,20-21H,11,13-14,16-18H2,1-4H3/b19-15-/t20-,21-/m0/s1. The smallest absolute Gasteiger partial charge is 0.339 e. The van der Waals surface area contributed by atoms with Gasteiger partial charge in [0.2, 0.25) is 0 Å². The van der Waals surface area contributed by atoms with E-state index in [0.29, 0.717) is 29.3 Å². The summed E-state index contributed by atoms with van der Waals surface area (Å²) in [7, 11) is -1.57. The van der Waals surface area contributed by atoms with E-state index in [2.05, 4.69) is 32.9 Å². The van der Waals surface area contributed by atoms with E-state index in [1.165, 1.54) is 4.90 Å². The second-order valence-electron chi connectivity index (χ2n) is 11.6. The summed E-state index contributed by atoms with van der Waals surface area (Å²) in [4.78, 5) is 34.2. The summed E-state index contributed by atoms with van der Waals surface area (Å²) in [6.07, 6.45) is 4.10. The number of sulfone groups is 1. The lowest BCUT2D eigenvalue weighted by Crippen LogP contribution is -2.40. The molecular formula is C30H34N2O5S2. The minimum absolute atomic E-state index is 0.000649. The number of aromatic nitrogens is 1. The number of rotatable bonds is 5. The number of fused-ring (bicyclic) bond motifs is 2. The number of hydrogen-bond acceptors (Lipinski definition) is 7. The Morgan fingerprint density at radius 1 is 1.15 bits per heavy atom. The fraction of sp³-hybridized carbons (Fsp3) is 0.433. The first-order valence-corrected chi connectivity index (χ1v) is 15.9. The van der Waals surface area contributed by atoms with Crippen molar-refractivity contribution in [3.05, 3.63) is 63.5 Å². The first-order chi connectivity index (χ1) is 18.4. The molecule has 2 aromatic heterocycles. The lowest BCUT2D eigenvalue weighted by atomic mass is 9.69. The Kier molecular flexibility index (Phi) is 7.41. The molecule has 7 nitrogen and oxygen atoms in total. The molecule has 3 aromatic rings. The minimum atomic E-state index is -3.14. The number of hydrogen-bond donors (Lipinski definition) is 0. The van der Waals surface area contributed by atoms with Gasteiger partial charge in [0.05, 0.1) is 28.3 Å². The Labute approximate surface area is 233 Å². The summed E-state index contributed by atoms with van der Waals surface area (Å²) in [5.41, 5.74) is 3.93. The van der Waals surface area contributed by atoms with E-state index in [-0.39, 0.29) is 22.8 Å². The normalized spacial score (nSPS) is 21.6. The van der Waals surface area contributed by atoms with Crippen LogP contribution in [0.15, 0.2) is 41.8 Å². The number of benzene rings is 1. The van der Waals surface area contributed by atoms with Crippen molar-refractivity contribution in [1.82, 2.24) is 9.88 Å². The second kappa shape index (κ2) is 10.5. The van der Waals surface area contributed by atoms with E-state index in [1.807, 2.05) is 35.7 Å². The quantitative estimate of drug-likeness (QED) is 0.392. The molecule has 0 saturated carbocycles. The Morgan fingerprint density at radius 3 is 2.59 bits per heavy atom. The molecule has 0 spiro atoms. The molecule has 0 radical (unpaired) electrons. The van der Waals surface area contributed by atoms with Crippen molar-refractivity contribution < 1.29 is 22.7 Å². The SMILES string of the molecule is CN(C(=O)COC(=O)c1c2c(nc3ccccc13)/C(=C\c1cccs1)C[C@H](C(C)(C)C)C2)[C@H]1CCS(=O)(=O)C1. The lowest BCUT2D eigenvalue weighted by molar-refractivity contribution is -0.134. The van der Waals surface area contributed by atoms with Crippen molar-refractivity contribution in [2.24, 2.45) is 11.3 Å². The molecular weight excluding hydrogens is 532 g/mol. The van der Waals surface area contributed by atoms with Gasteiger partial charge in [-0.15, -0.1) is 11.3 Å². The van der Waals surface area contributed by atoms with Gasteiger partial charge in [-0.3, -0.25) is 4.79 Å². The third-order valence-corrected chi connectivity index (χ3v) is 10.5. The summed E-state index contributed by atoms with van der Waals surface area (Å²) < 4.78 is 29.4. The number of ether oxygens (including phenoxy) is 1. The van der Waals surface area contributed by atoms with Gasteiger partial charge in [0.15, 0.2) is 16.4 Å². The fourth-order valence-corrected chi connectivity index (χ4v) is 7.96. The van der Waals surface area contributed by atoms with Crippen LogP contribution in [0, 0.1) is 11.3 Å². The molecule has 0 N–H and O–H groups in total. The average molecular weight is 567 g/mol. The van der Waals surface area contributed by atoms with Gasteiger partial charge in [-0.25, -0.2) is 18.2 Å². The van der Waals surface area contributed by atoms with E-state index in [9.17, 15) is 18.0 Å². The number of carbonyl (C=O) groups excluding carboxylic acids is 2. The summed E-state index contributed by atoms with van der Waals surface area (Å²) >= 11 is 1.66. The molecule has 1 saturated heterocycles. The van der Waals surface area contributed by atoms with Gasteiger partial charge in [-0.2, -0.15) is 0 Å². The van der Waals surface area contributed by atoms with E-state index < -0.39 is 34.4 Å². The van der Waals surface area contributed by atoms with Crippen LogP contribution < -0.4 is 0 Å². The van der Waals surface area contributed by atoms with Crippen LogP contribution in [-0.4, -0.2) is 61.4 Å². The van der Waals surface area contributed by atoms with E-state index in [4.69, 9.17) is 9.72 Å². The highest BCUT2D eigenvalue weighted by Crippen LogP contribution is 2.45. The second-order valence-corrected chi connectivity index (χ2v) is 14.8. The number of pyridine rings is 1. The van der Waals surface area contributed by atoms with Gasteiger partial charge in [0.1, 0.15) is 0 Å². The molecule has 1 fully saturated rings. The molecule has 2 aliphatic rings. The molecule has 5 rings (SSSR count). The summed E-state index contributed by atoms with van der Waals surface area (Å²) in [6, 6.07) is 11.2. The van der Waals surface area contributed by atoms with Crippen molar-refractivity contribution in [3.63, 3.8) is 0 Å². The third-order valence-electron chi connectivity index (χ3n) is 7.98.